The summed E-state index contributed by atoms with van der Waals surface area (Å²) in [4.78, 5) is 13.1. The maximum absolute atomic E-state index is 6.03. The van der Waals surface area contributed by atoms with Crippen LogP contribution in [-0.2, 0) is 0 Å². The highest BCUT2D eigenvalue weighted by Crippen LogP contribution is 2.26. The number of unbranched alkanes of at least 4 members (excludes halogenated alkanes) is 12. The van der Waals surface area contributed by atoms with Gasteiger partial charge in [-0.15, -0.1) is 0 Å². The van der Waals surface area contributed by atoms with E-state index in [9.17, 15) is 0 Å². The van der Waals surface area contributed by atoms with Gasteiger partial charge < -0.3 is 14.8 Å². The second kappa shape index (κ2) is 15.3. The van der Waals surface area contributed by atoms with Crippen molar-refractivity contribution in [2.45, 2.75) is 116 Å². The van der Waals surface area contributed by atoms with Crippen LogP contribution < -0.4 is 5.73 Å². The Morgan fingerprint density at radius 3 is 1.94 bits per heavy atom. The van der Waals surface area contributed by atoms with Crippen LogP contribution >= 0.6 is 0 Å². The fraction of sp³-hybridized carbons (Fsp3) is 0.815. The largest absolute Gasteiger partial charge is 0.382 e. The first kappa shape index (κ1) is 27.6. The van der Waals surface area contributed by atoms with Gasteiger partial charge in [0.1, 0.15) is 11.8 Å². The number of hydrogen-bond donors (Lipinski definition) is 1. The van der Waals surface area contributed by atoms with E-state index in [1.165, 1.54) is 89.9 Å². The molecule has 2 aromatic rings. The molecule has 0 amide bonds. The van der Waals surface area contributed by atoms with Gasteiger partial charge in [0.2, 0.25) is 0 Å². The molecule has 0 aromatic carbocycles. The number of aromatic nitrogens is 4. The van der Waals surface area contributed by atoms with Crippen molar-refractivity contribution in [1.82, 2.24) is 19.5 Å². The third-order valence-corrected chi connectivity index (χ3v) is 7.35. The number of imidazole rings is 1. The Hall–Kier alpha value is -1.69. The first-order valence-corrected chi connectivity index (χ1v) is 13.7. The van der Waals surface area contributed by atoms with E-state index in [0.29, 0.717) is 11.9 Å². The lowest BCUT2D eigenvalue weighted by atomic mass is 10.0. The average Bonchev–Trinajstić information content (AvgIpc) is 3.24. The van der Waals surface area contributed by atoms with Crippen LogP contribution in [0.4, 0.5) is 5.82 Å². The first-order chi connectivity index (χ1) is 16.0. The van der Waals surface area contributed by atoms with Gasteiger partial charge in [-0.3, -0.25) is 0 Å². The van der Waals surface area contributed by atoms with Crippen LogP contribution in [0.25, 0.3) is 11.2 Å². The van der Waals surface area contributed by atoms with E-state index >= 15 is 0 Å². The number of nitrogens with zero attached hydrogens (tertiary/aromatic N) is 5. The Morgan fingerprint density at radius 1 is 0.788 bits per heavy atom. The molecule has 188 valence electrons. The Morgan fingerprint density at radius 2 is 1.36 bits per heavy atom. The molecular weight excluding hydrogens is 408 g/mol. The summed E-state index contributed by atoms with van der Waals surface area (Å²) in [6, 6.07) is 0.418. The van der Waals surface area contributed by atoms with Crippen molar-refractivity contribution >= 4 is 17.0 Å². The lowest BCUT2D eigenvalue weighted by molar-refractivity contribution is -0.889. The van der Waals surface area contributed by atoms with Crippen molar-refractivity contribution in [2.24, 2.45) is 0 Å². The maximum Gasteiger partial charge on any atom is 0.165 e. The molecule has 0 fully saturated rings. The molecule has 33 heavy (non-hydrogen) atoms. The maximum atomic E-state index is 6.03. The molecule has 0 saturated carbocycles. The highest BCUT2D eigenvalue weighted by Gasteiger charge is 2.20. The SMILES string of the molecule is CCCCCCCCCCCCCCCC(CC[N+](C)(C)CC)n1cnc2c(N)ncnc21. The minimum Gasteiger partial charge on any atom is -0.382 e. The van der Waals surface area contributed by atoms with Crippen LogP contribution in [0, 0.1) is 0 Å². The van der Waals surface area contributed by atoms with Crippen LogP contribution in [-0.4, -0.2) is 51.2 Å². The summed E-state index contributed by atoms with van der Waals surface area (Å²) in [7, 11) is 4.63. The summed E-state index contributed by atoms with van der Waals surface area (Å²) < 4.78 is 3.29. The lowest BCUT2D eigenvalue weighted by Crippen LogP contribution is -2.40. The van der Waals surface area contributed by atoms with Gasteiger partial charge in [-0.05, 0) is 13.3 Å². The molecule has 2 aromatic heterocycles. The van der Waals surface area contributed by atoms with E-state index in [0.717, 1.165) is 35.2 Å². The van der Waals surface area contributed by atoms with E-state index in [4.69, 9.17) is 5.73 Å². The molecule has 0 aliphatic heterocycles. The number of quaternary nitrogens is 1. The van der Waals surface area contributed by atoms with Crippen molar-refractivity contribution in [3.63, 3.8) is 0 Å². The average molecular weight is 460 g/mol. The molecule has 0 radical (unpaired) electrons. The van der Waals surface area contributed by atoms with Crippen LogP contribution in [0.2, 0.25) is 0 Å². The Bertz CT molecular complexity index is 769. The second-order valence-electron chi connectivity index (χ2n) is 10.5. The van der Waals surface area contributed by atoms with E-state index < -0.39 is 0 Å². The predicted octanol–water partition coefficient (Wildman–Crippen LogP) is 6.92. The zero-order chi connectivity index (χ0) is 23.9. The third kappa shape index (κ3) is 9.99. The number of nitrogen functional groups attached to an aromatic ring is 1. The van der Waals surface area contributed by atoms with Gasteiger partial charge in [0, 0.05) is 12.5 Å². The molecule has 6 heteroatoms. The summed E-state index contributed by atoms with van der Waals surface area (Å²) in [6.07, 6.45) is 23.9. The highest BCUT2D eigenvalue weighted by molar-refractivity contribution is 5.81. The van der Waals surface area contributed by atoms with Gasteiger partial charge in [0.15, 0.2) is 11.5 Å². The zero-order valence-electron chi connectivity index (χ0n) is 22.1. The van der Waals surface area contributed by atoms with Crippen LogP contribution in [0.5, 0.6) is 0 Å². The molecule has 0 aliphatic carbocycles. The Balaban J connectivity index is 1.72. The molecule has 2 heterocycles. The lowest BCUT2D eigenvalue weighted by Gasteiger charge is -2.30. The van der Waals surface area contributed by atoms with E-state index in [1.54, 1.807) is 6.33 Å². The molecule has 0 spiro atoms. The standard InChI is InChI=1S/C27H51N6/c1-5-7-8-9-10-11-12-13-14-15-16-17-18-19-24(20-21-33(3,4)6-2)32-23-31-25-26(28)29-22-30-27(25)32/h22-24H,5-21H2,1-4H3,(H2,28,29,30)/q+1. The molecule has 6 nitrogen and oxygen atoms in total. The number of rotatable bonds is 19. The summed E-state index contributed by atoms with van der Waals surface area (Å²) in [5, 5.41) is 0. The molecular formula is C27H51N6+. The van der Waals surface area contributed by atoms with Crippen LogP contribution in [0.15, 0.2) is 12.7 Å². The van der Waals surface area contributed by atoms with Crippen molar-refractivity contribution in [2.75, 3.05) is 32.9 Å². The van der Waals surface area contributed by atoms with Gasteiger partial charge >= 0.3 is 0 Å². The highest BCUT2D eigenvalue weighted by atomic mass is 15.3. The topological polar surface area (TPSA) is 69.6 Å². The number of nitrogens with two attached hydrogens (primary N) is 1. The van der Waals surface area contributed by atoms with E-state index in [1.807, 2.05) is 6.33 Å². The Labute approximate surface area is 203 Å². The van der Waals surface area contributed by atoms with Gasteiger partial charge in [-0.2, -0.15) is 0 Å². The fourth-order valence-electron chi connectivity index (χ4n) is 4.61. The second-order valence-corrected chi connectivity index (χ2v) is 10.5. The monoisotopic (exact) mass is 459 g/mol. The molecule has 2 rings (SSSR count). The van der Waals surface area contributed by atoms with Crippen LogP contribution in [0.3, 0.4) is 0 Å². The fourth-order valence-corrected chi connectivity index (χ4v) is 4.61. The molecule has 0 saturated heterocycles. The molecule has 1 unspecified atom stereocenters. The number of fused-ring (bicyclic) bond motifs is 1. The van der Waals surface area contributed by atoms with Crippen molar-refractivity contribution in [3.8, 4) is 0 Å². The molecule has 2 N–H and O–H groups in total. The molecule has 1 atom stereocenters. The zero-order valence-corrected chi connectivity index (χ0v) is 22.1. The van der Waals surface area contributed by atoms with Gasteiger partial charge in [-0.25, -0.2) is 15.0 Å². The van der Waals surface area contributed by atoms with Gasteiger partial charge in [-0.1, -0.05) is 90.4 Å². The van der Waals surface area contributed by atoms with Crippen molar-refractivity contribution in [1.29, 1.82) is 0 Å². The normalized spacial score (nSPS) is 13.1. The summed E-state index contributed by atoms with van der Waals surface area (Å²) in [5.74, 6) is 0.475. The smallest absolute Gasteiger partial charge is 0.165 e. The first-order valence-electron chi connectivity index (χ1n) is 13.7. The minimum atomic E-state index is 0.418. The van der Waals surface area contributed by atoms with Gasteiger partial charge in [0.05, 0.1) is 33.5 Å². The van der Waals surface area contributed by atoms with Crippen molar-refractivity contribution in [3.05, 3.63) is 12.7 Å². The number of hydrogen-bond acceptors (Lipinski definition) is 4. The van der Waals surface area contributed by atoms with Crippen molar-refractivity contribution < 1.29 is 4.48 Å². The summed E-state index contributed by atoms with van der Waals surface area (Å²) >= 11 is 0. The third-order valence-electron chi connectivity index (χ3n) is 7.35. The molecule has 0 aliphatic rings. The Kier molecular flexibility index (Phi) is 12.7. The predicted molar refractivity (Wildman–Crippen MR) is 141 cm³/mol. The quantitative estimate of drug-likeness (QED) is 0.183. The van der Waals surface area contributed by atoms with Gasteiger partial charge in [0.25, 0.3) is 0 Å². The summed E-state index contributed by atoms with van der Waals surface area (Å²) in [5.41, 5.74) is 7.64. The van der Waals surface area contributed by atoms with E-state index in [-0.39, 0.29) is 0 Å². The van der Waals surface area contributed by atoms with Crippen LogP contribution in [0.1, 0.15) is 116 Å². The molecule has 0 bridgehead atoms. The summed E-state index contributed by atoms with van der Waals surface area (Å²) in [6.45, 7) is 6.85. The van der Waals surface area contributed by atoms with E-state index in [2.05, 4.69) is 47.5 Å². The number of anilines is 1. The minimum absolute atomic E-state index is 0.418.